The van der Waals surface area contributed by atoms with Crippen LogP contribution in [0, 0.1) is 0 Å². The van der Waals surface area contributed by atoms with Gasteiger partial charge < -0.3 is 10.5 Å². The van der Waals surface area contributed by atoms with E-state index < -0.39 is 23.1 Å². The lowest BCUT2D eigenvalue weighted by Crippen LogP contribution is -2.28. The number of alkyl halides is 2. The van der Waals surface area contributed by atoms with E-state index in [1.807, 2.05) is 0 Å². The maximum absolute atomic E-state index is 11.8. The third-order valence-corrected chi connectivity index (χ3v) is 3.69. The van der Waals surface area contributed by atoms with Crippen LogP contribution >= 0.6 is 0 Å². The first-order chi connectivity index (χ1) is 8.95. The van der Waals surface area contributed by atoms with Crippen LogP contribution in [0.3, 0.4) is 0 Å². The van der Waals surface area contributed by atoms with Crippen molar-refractivity contribution in [2.45, 2.75) is 17.9 Å². The molecule has 5 nitrogen and oxygen atoms in total. The lowest BCUT2D eigenvalue weighted by molar-refractivity contribution is 0.0199. The second-order valence-corrected chi connectivity index (χ2v) is 5.48. The van der Waals surface area contributed by atoms with Crippen LogP contribution in [0.1, 0.15) is 5.56 Å². The molecule has 0 fully saturated rings. The quantitative estimate of drug-likeness (QED) is 0.692. The van der Waals surface area contributed by atoms with Gasteiger partial charge in [0, 0.05) is 13.1 Å². The van der Waals surface area contributed by atoms with Gasteiger partial charge in [0.05, 0.1) is 11.5 Å². The van der Waals surface area contributed by atoms with Crippen LogP contribution in [-0.4, -0.2) is 34.6 Å². The highest BCUT2D eigenvalue weighted by molar-refractivity contribution is 7.89. The molecule has 0 spiro atoms. The molecule has 0 heterocycles. The normalized spacial score (nSPS) is 12.0. The van der Waals surface area contributed by atoms with Gasteiger partial charge in [0.2, 0.25) is 10.0 Å². The van der Waals surface area contributed by atoms with Gasteiger partial charge in [-0.05, 0) is 17.7 Å². The van der Waals surface area contributed by atoms with Gasteiger partial charge in [-0.15, -0.1) is 0 Å². The van der Waals surface area contributed by atoms with Crippen molar-refractivity contribution in [2.24, 2.45) is 5.73 Å². The Morgan fingerprint density at radius 2 is 2.11 bits per heavy atom. The molecule has 8 heteroatoms. The fourth-order valence-electron chi connectivity index (χ4n) is 1.34. The predicted octanol–water partition coefficient (Wildman–Crippen LogP) is 0.705. The summed E-state index contributed by atoms with van der Waals surface area (Å²) in [6.07, 6.45) is -2.56. The number of nitrogens with one attached hydrogen (secondary N) is 1. The highest BCUT2D eigenvalue weighted by Crippen LogP contribution is 2.10. The largest absolute Gasteiger partial charge is 0.374 e. The van der Waals surface area contributed by atoms with E-state index in [2.05, 4.69) is 9.46 Å². The second kappa shape index (κ2) is 7.49. The first-order valence-corrected chi connectivity index (χ1v) is 7.08. The summed E-state index contributed by atoms with van der Waals surface area (Å²) in [6.45, 7) is -0.646. The van der Waals surface area contributed by atoms with E-state index in [0.717, 1.165) is 0 Å². The number of rotatable bonds is 8. The molecule has 0 atom stereocenters. The molecule has 0 amide bonds. The number of halogens is 2. The van der Waals surface area contributed by atoms with E-state index in [1.54, 1.807) is 12.1 Å². The lowest BCUT2D eigenvalue weighted by Gasteiger charge is -2.08. The Morgan fingerprint density at radius 1 is 1.37 bits per heavy atom. The highest BCUT2D eigenvalue weighted by Gasteiger charge is 2.13. The fourth-order valence-corrected chi connectivity index (χ4v) is 2.43. The number of ether oxygens (including phenoxy) is 1. The average molecular weight is 294 g/mol. The zero-order valence-electron chi connectivity index (χ0n) is 10.2. The summed E-state index contributed by atoms with van der Waals surface area (Å²) in [7, 11) is -3.67. The van der Waals surface area contributed by atoms with Gasteiger partial charge in [-0.25, -0.2) is 21.9 Å². The maximum atomic E-state index is 11.8. The standard InChI is InChI=1S/C11H16F2N2O3S/c12-11(13)8-18-5-4-15-19(16,17)10-3-1-2-9(6-10)7-14/h1-3,6,11,15H,4-5,7-8,14H2. The molecule has 0 radical (unpaired) electrons. The molecular weight excluding hydrogens is 278 g/mol. The van der Waals surface area contributed by atoms with Crippen molar-refractivity contribution < 1.29 is 21.9 Å². The average Bonchev–Trinajstić information content (AvgIpc) is 2.38. The summed E-state index contributed by atoms with van der Waals surface area (Å²) in [5.74, 6) is 0. The van der Waals surface area contributed by atoms with Crippen LogP contribution in [0.4, 0.5) is 8.78 Å². The minimum absolute atomic E-state index is 0.0676. The molecule has 1 rings (SSSR count). The Balaban J connectivity index is 2.51. The van der Waals surface area contributed by atoms with Crippen LogP contribution in [0.2, 0.25) is 0 Å². The van der Waals surface area contributed by atoms with Crippen LogP contribution in [0.5, 0.6) is 0 Å². The molecule has 0 saturated carbocycles. The molecule has 0 saturated heterocycles. The molecule has 108 valence electrons. The number of benzene rings is 1. The molecule has 0 aromatic heterocycles. The van der Waals surface area contributed by atoms with E-state index in [1.165, 1.54) is 12.1 Å². The third kappa shape index (κ3) is 5.60. The van der Waals surface area contributed by atoms with E-state index in [-0.39, 0.29) is 24.6 Å². The number of nitrogens with two attached hydrogens (primary N) is 1. The minimum Gasteiger partial charge on any atom is -0.374 e. The zero-order valence-corrected chi connectivity index (χ0v) is 11.0. The van der Waals surface area contributed by atoms with Crippen LogP contribution < -0.4 is 10.5 Å². The van der Waals surface area contributed by atoms with E-state index in [0.29, 0.717) is 5.56 Å². The van der Waals surface area contributed by atoms with E-state index >= 15 is 0 Å². The molecule has 0 bridgehead atoms. The lowest BCUT2D eigenvalue weighted by atomic mass is 10.2. The van der Waals surface area contributed by atoms with Gasteiger partial charge in [0.15, 0.2) is 0 Å². The Kier molecular flexibility index (Phi) is 6.29. The Morgan fingerprint density at radius 3 is 2.74 bits per heavy atom. The van der Waals surface area contributed by atoms with Gasteiger partial charge in [0.1, 0.15) is 6.61 Å². The smallest absolute Gasteiger partial charge is 0.261 e. The van der Waals surface area contributed by atoms with Crippen molar-refractivity contribution in [1.29, 1.82) is 0 Å². The van der Waals surface area contributed by atoms with Crippen LogP contribution in [-0.2, 0) is 21.3 Å². The van der Waals surface area contributed by atoms with Gasteiger partial charge in [0.25, 0.3) is 6.43 Å². The Bertz CT molecular complexity index is 494. The van der Waals surface area contributed by atoms with Crippen LogP contribution in [0.25, 0.3) is 0 Å². The molecule has 0 unspecified atom stereocenters. The number of sulfonamides is 1. The van der Waals surface area contributed by atoms with Crippen molar-refractivity contribution in [2.75, 3.05) is 19.8 Å². The monoisotopic (exact) mass is 294 g/mol. The highest BCUT2D eigenvalue weighted by atomic mass is 32.2. The fraction of sp³-hybridized carbons (Fsp3) is 0.455. The molecule has 0 aliphatic heterocycles. The minimum atomic E-state index is -3.67. The zero-order chi connectivity index (χ0) is 14.3. The summed E-state index contributed by atoms with van der Waals surface area (Å²) in [5.41, 5.74) is 6.12. The van der Waals surface area contributed by atoms with E-state index in [4.69, 9.17) is 5.73 Å². The van der Waals surface area contributed by atoms with Crippen molar-refractivity contribution in [1.82, 2.24) is 4.72 Å². The summed E-state index contributed by atoms with van der Waals surface area (Å²) < 4.78 is 54.1. The SMILES string of the molecule is NCc1cccc(S(=O)(=O)NCCOCC(F)F)c1. The molecule has 3 N–H and O–H groups in total. The van der Waals surface area contributed by atoms with Crippen molar-refractivity contribution in [3.8, 4) is 0 Å². The molecule has 19 heavy (non-hydrogen) atoms. The molecule has 0 aliphatic carbocycles. The summed E-state index contributed by atoms with van der Waals surface area (Å²) in [5, 5.41) is 0. The van der Waals surface area contributed by atoms with Crippen molar-refractivity contribution in [3.63, 3.8) is 0 Å². The first kappa shape index (κ1) is 16.0. The van der Waals surface area contributed by atoms with Crippen LogP contribution in [0.15, 0.2) is 29.2 Å². The third-order valence-electron chi connectivity index (χ3n) is 2.23. The molecular formula is C11H16F2N2O3S. The number of hydrogen-bond donors (Lipinski definition) is 2. The molecule has 1 aromatic rings. The predicted molar refractivity (Wildman–Crippen MR) is 66.3 cm³/mol. The number of hydrogen-bond acceptors (Lipinski definition) is 4. The molecule has 1 aromatic carbocycles. The maximum Gasteiger partial charge on any atom is 0.261 e. The van der Waals surface area contributed by atoms with Gasteiger partial charge in [-0.2, -0.15) is 0 Å². The molecule has 0 aliphatic rings. The van der Waals surface area contributed by atoms with Gasteiger partial charge in [-0.3, -0.25) is 0 Å². The Hall–Kier alpha value is -1.09. The van der Waals surface area contributed by atoms with Crippen molar-refractivity contribution >= 4 is 10.0 Å². The van der Waals surface area contributed by atoms with Crippen molar-refractivity contribution in [3.05, 3.63) is 29.8 Å². The summed E-state index contributed by atoms with van der Waals surface area (Å²) in [4.78, 5) is 0.0873. The topological polar surface area (TPSA) is 81.4 Å². The Labute approximate surface area is 110 Å². The summed E-state index contributed by atoms with van der Waals surface area (Å²) >= 11 is 0. The van der Waals surface area contributed by atoms with Gasteiger partial charge >= 0.3 is 0 Å². The van der Waals surface area contributed by atoms with E-state index in [9.17, 15) is 17.2 Å². The summed E-state index contributed by atoms with van der Waals surface area (Å²) in [6, 6.07) is 6.19. The second-order valence-electron chi connectivity index (χ2n) is 3.72. The van der Waals surface area contributed by atoms with Gasteiger partial charge in [-0.1, -0.05) is 12.1 Å². The first-order valence-electron chi connectivity index (χ1n) is 5.60.